The second-order valence-corrected chi connectivity index (χ2v) is 5.93. The SMILES string of the molecule is CCCCC1=C(CCCCCCCCCC(N)=O)C1. The van der Waals surface area contributed by atoms with E-state index in [9.17, 15) is 4.79 Å². The highest BCUT2D eigenvalue weighted by Gasteiger charge is 2.18. The van der Waals surface area contributed by atoms with Gasteiger partial charge in [0.2, 0.25) is 5.91 Å². The fourth-order valence-corrected chi connectivity index (χ4v) is 2.66. The van der Waals surface area contributed by atoms with Gasteiger partial charge in [0.05, 0.1) is 0 Å². The first-order chi connectivity index (χ1) is 9.24. The van der Waals surface area contributed by atoms with E-state index >= 15 is 0 Å². The van der Waals surface area contributed by atoms with Gasteiger partial charge in [-0.05, 0) is 38.5 Å². The largest absolute Gasteiger partial charge is 0.370 e. The molecule has 0 radical (unpaired) electrons. The van der Waals surface area contributed by atoms with Gasteiger partial charge in [-0.1, -0.05) is 56.6 Å². The molecule has 1 amide bonds. The summed E-state index contributed by atoms with van der Waals surface area (Å²) in [6.45, 7) is 2.27. The van der Waals surface area contributed by atoms with Crippen LogP contribution in [0.2, 0.25) is 0 Å². The Bertz CT molecular complexity index is 294. The Morgan fingerprint density at radius 1 is 0.895 bits per heavy atom. The molecular formula is C17H31NO. The minimum absolute atomic E-state index is 0.156. The van der Waals surface area contributed by atoms with Crippen molar-refractivity contribution in [3.05, 3.63) is 11.1 Å². The molecule has 0 unspecified atom stereocenters. The van der Waals surface area contributed by atoms with Crippen molar-refractivity contribution in [1.82, 2.24) is 0 Å². The van der Waals surface area contributed by atoms with E-state index in [0.29, 0.717) is 6.42 Å². The Morgan fingerprint density at radius 3 is 2.00 bits per heavy atom. The summed E-state index contributed by atoms with van der Waals surface area (Å²) in [5, 5.41) is 0. The first kappa shape index (κ1) is 16.3. The van der Waals surface area contributed by atoms with E-state index in [2.05, 4.69) is 6.92 Å². The minimum Gasteiger partial charge on any atom is -0.370 e. The van der Waals surface area contributed by atoms with Gasteiger partial charge >= 0.3 is 0 Å². The molecule has 2 heteroatoms. The van der Waals surface area contributed by atoms with Crippen molar-refractivity contribution >= 4 is 5.91 Å². The van der Waals surface area contributed by atoms with Gasteiger partial charge in [0.15, 0.2) is 0 Å². The second kappa shape index (κ2) is 10.1. The maximum atomic E-state index is 10.6. The molecule has 2 N–H and O–H groups in total. The molecule has 1 rings (SSSR count). The Balaban J connectivity index is 1.80. The lowest BCUT2D eigenvalue weighted by Gasteiger charge is -2.00. The zero-order valence-corrected chi connectivity index (χ0v) is 12.7. The average Bonchev–Trinajstić information content (AvgIpc) is 3.12. The first-order valence-corrected chi connectivity index (χ1v) is 8.22. The van der Waals surface area contributed by atoms with Crippen LogP contribution in [0.1, 0.15) is 90.4 Å². The van der Waals surface area contributed by atoms with Crippen molar-refractivity contribution in [2.45, 2.75) is 90.4 Å². The molecule has 0 bridgehead atoms. The van der Waals surface area contributed by atoms with E-state index < -0.39 is 0 Å². The van der Waals surface area contributed by atoms with Gasteiger partial charge in [-0.25, -0.2) is 0 Å². The lowest BCUT2D eigenvalue weighted by molar-refractivity contribution is -0.118. The molecule has 0 aromatic carbocycles. The zero-order chi connectivity index (χ0) is 13.9. The number of carbonyl (C=O) groups excluding carboxylic acids is 1. The van der Waals surface area contributed by atoms with E-state index in [1.807, 2.05) is 0 Å². The Hall–Kier alpha value is -0.790. The second-order valence-electron chi connectivity index (χ2n) is 5.93. The summed E-state index contributed by atoms with van der Waals surface area (Å²) in [4.78, 5) is 10.6. The maximum absolute atomic E-state index is 10.6. The molecule has 0 aromatic heterocycles. The van der Waals surface area contributed by atoms with Gasteiger partial charge in [0, 0.05) is 6.42 Å². The summed E-state index contributed by atoms with van der Waals surface area (Å²) >= 11 is 0. The molecule has 0 aliphatic heterocycles. The van der Waals surface area contributed by atoms with Gasteiger partial charge in [-0.15, -0.1) is 0 Å². The lowest BCUT2D eigenvalue weighted by atomic mass is 10.1. The highest BCUT2D eigenvalue weighted by Crippen LogP contribution is 2.38. The number of rotatable bonds is 13. The van der Waals surface area contributed by atoms with Crippen molar-refractivity contribution in [2.75, 3.05) is 0 Å². The topological polar surface area (TPSA) is 43.1 Å². The molecule has 1 aliphatic rings. The van der Waals surface area contributed by atoms with Gasteiger partial charge < -0.3 is 5.73 Å². The molecule has 0 saturated heterocycles. The van der Waals surface area contributed by atoms with Crippen molar-refractivity contribution in [1.29, 1.82) is 0 Å². The van der Waals surface area contributed by atoms with Crippen LogP contribution in [0.15, 0.2) is 11.1 Å². The minimum atomic E-state index is -0.156. The number of amides is 1. The number of nitrogens with two attached hydrogens (primary N) is 1. The number of carbonyl (C=O) groups is 1. The third-order valence-electron chi connectivity index (χ3n) is 4.04. The maximum Gasteiger partial charge on any atom is 0.217 e. The third-order valence-corrected chi connectivity index (χ3v) is 4.04. The predicted octanol–water partition coefficient (Wildman–Crippen LogP) is 4.87. The van der Waals surface area contributed by atoms with Gasteiger partial charge in [-0.3, -0.25) is 4.79 Å². The van der Waals surface area contributed by atoms with Crippen LogP contribution in [0.4, 0.5) is 0 Å². The smallest absolute Gasteiger partial charge is 0.217 e. The van der Waals surface area contributed by atoms with Gasteiger partial charge in [0.25, 0.3) is 0 Å². The summed E-state index contributed by atoms with van der Waals surface area (Å²) in [5.41, 5.74) is 8.65. The van der Waals surface area contributed by atoms with Crippen LogP contribution in [0, 0.1) is 0 Å². The Labute approximate surface area is 118 Å². The summed E-state index contributed by atoms with van der Waals surface area (Å²) in [5.74, 6) is -0.156. The number of primary amides is 1. The first-order valence-electron chi connectivity index (χ1n) is 8.22. The average molecular weight is 265 g/mol. The van der Waals surface area contributed by atoms with Crippen molar-refractivity contribution in [2.24, 2.45) is 5.73 Å². The van der Waals surface area contributed by atoms with Crippen molar-refractivity contribution in [3.63, 3.8) is 0 Å². The number of hydrogen-bond acceptors (Lipinski definition) is 1. The summed E-state index contributed by atoms with van der Waals surface area (Å²) in [6.07, 6.45) is 16.2. The lowest BCUT2D eigenvalue weighted by Crippen LogP contribution is -2.09. The van der Waals surface area contributed by atoms with Crippen LogP contribution in [-0.4, -0.2) is 5.91 Å². The van der Waals surface area contributed by atoms with Crippen LogP contribution in [-0.2, 0) is 4.79 Å². The number of unbranched alkanes of at least 4 members (excludes halogenated alkanes) is 7. The molecule has 0 spiro atoms. The zero-order valence-electron chi connectivity index (χ0n) is 12.7. The number of hydrogen-bond donors (Lipinski definition) is 1. The van der Waals surface area contributed by atoms with Crippen molar-refractivity contribution in [3.8, 4) is 0 Å². The molecule has 19 heavy (non-hydrogen) atoms. The number of allylic oxidation sites excluding steroid dienone is 2. The van der Waals surface area contributed by atoms with Crippen LogP contribution in [0.25, 0.3) is 0 Å². The standard InChI is InChI=1S/C17H31NO/c1-2-3-11-15-14-16(15)12-9-7-5-4-6-8-10-13-17(18)19/h2-14H2,1H3,(H2,18,19). The normalized spacial score (nSPS) is 13.9. The van der Waals surface area contributed by atoms with Gasteiger partial charge in [0.1, 0.15) is 0 Å². The quantitative estimate of drug-likeness (QED) is 0.374. The summed E-state index contributed by atoms with van der Waals surface area (Å²) in [7, 11) is 0. The van der Waals surface area contributed by atoms with Gasteiger partial charge in [-0.2, -0.15) is 0 Å². The third kappa shape index (κ3) is 8.85. The Kier molecular flexibility index (Phi) is 8.61. The van der Waals surface area contributed by atoms with Crippen LogP contribution < -0.4 is 5.73 Å². The molecule has 0 heterocycles. The van der Waals surface area contributed by atoms with Crippen molar-refractivity contribution < 1.29 is 4.79 Å². The monoisotopic (exact) mass is 265 g/mol. The highest BCUT2D eigenvalue weighted by molar-refractivity contribution is 5.73. The van der Waals surface area contributed by atoms with E-state index in [1.54, 1.807) is 11.1 Å². The fourth-order valence-electron chi connectivity index (χ4n) is 2.66. The van der Waals surface area contributed by atoms with E-state index in [1.165, 1.54) is 64.2 Å². The molecular weight excluding hydrogens is 234 g/mol. The Morgan fingerprint density at radius 2 is 1.42 bits per heavy atom. The summed E-state index contributed by atoms with van der Waals surface area (Å²) < 4.78 is 0. The molecule has 0 fully saturated rings. The van der Waals surface area contributed by atoms with E-state index in [0.717, 1.165) is 12.8 Å². The molecule has 2 nitrogen and oxygen atoms in total. The van der Waals surface area contributed by atoms with E-state index in [-0.39, 0.29) is 5.91 Å². The highest BCUT2D eigenvalue weighted by atomic mass is 16.1. The predicted molar refractivity (Wildman–Crippen MR) is 81.9 cm³/mol. The van der Waals surface area contributed by atoms with E-state index in [4.69, 9.17) is 5.73 Å². The van der Waals surface area contributed by atoms with Crippen LogP contribution in [0.5, 0.6) is 0 Å². The molecule has 0 atom stereocenters. The van der Waals surface area contributed by atoms with Crippen LogP contribution in [0.3, 0.4) is 0 Å². The fraction of sp³-hybridized carbons (Fsp3) is 0.824. The summed E-state index contributed by atoms with van der Waals surface area (Å²) in [6, 6.07) is 0. The van der Waals surface area contributed by atoms with Crippen LogP contribution >= 0.6 is 0 Å². The molecule has 110 valence electrons. The molecule has 0 aromatic rings. The molecule has 0 saturated carbocycles. The molecule has 1 aliphatic carbocycles.